The number of hydrogen-bond acceptors (Lipinski definition) is 6. The van der Waals surface area contributed by atoms with E-state index in [4.69, 9.17) is 0 Å². The first kappa shape index (κ1) is 15.7. The molecule has 0 spiro atoms. The minimum Gasteiger partial charge on any atom is -0.392 e. The number of pyridine rings is 1. The van der Waals surface area contributed by atoms with Gasteiger partial charge < -0.3 is 10.0 Å². The Bertz CT molecular complexity index is 521. The van der Waals surface area contributed by atoms with Gasteiger partial charge in [0.2, 0.25) is 0 Å². The van der Waals surface area contributed by atoms with Crippen molar-refractivity contribution in [3.05, 3.63) is 27.9 Å². The van der Waals surface area contributed by atoms with E-state index in [1.165, 1.54) is 6.20 Å². The van der Waals surface area contributed by atoms with Gasteiger partial charge in [-0.05, 0) is 26.8 Å². The standard InChI is InChI=1S/C14H22N4O3/c1-10-6-14(15-7-13(10)18(20)21)17-5-4-16(9-12(3)19)11(2)8-17/h6-7,11-12,19H,4-5,8-9H2,1-3H3. The maximum atomic E-state index is 10.8. The zero-order valence-corrected chi connectivity index (χ0v) is 12.7. The number of anilines is 1. The summed E-state index contributed by atoms with van der Waals surface area (Å²) in [4.78, 5) is 19.0. The van der Waals surface area contributed by atoms with Crippen LogP contribution in [0.3, 0.4) is 0 Å². The molecule has 1 aromatic rings. The largest absolute Gasteiger partial charge is 0.392 e. The first-order valence-corrected chi connectivity index (χ1v) is 7.16. The Morgan fingerprint density at radius 1 is 1.57 bits per heavy atom. The third kappa shape index (κ3) is 3.68. The fourth-order valence-corrected chi connectivity index (χ4v) is 2.71. The molecular weight excluding hydrogens is 272 g/mol. The number of nitrogens with zero attached hydrogens (tertiary/aromatic N) is 4. The van der Waals surface area contributed by atoms with E-state index in [1.54, 1.807) is 19.9 Å². The number of nitro groups is 1. The van der Waals surface area contributed by atoms with Gasteiger partial charge in [0.05, 0.1) is 11.0 Å². The molecule has 1 aliphatic rings. The van der Waals surface area contributed by atoms with Gasteiger partial charge >= 0.3 is 0 Å². The maximum Gasteiger partial charge on any atom is 0.290 e. The van der Waals surface area contributed by atoms with Gasteiger partial charge in [-0.1, -0.05) is 0 Å². The number of aliphatic hydroxyl groups is 1. The Morgan fingerprint density at radius 2 is 2.29 bits per heavy atom. The highest BCUT2D eigenvalue weighted by Gasteiger charge is 2.25. The molecule has 1 fully saturated rings. The molecule has 0 radical (unpaired) electrons. The molecule has 0 aromatic carbocycles. The van der Waals surface area contributed by atoms with E-state index in [0.29, 0.717) is 18.2 Å². The average molecular weight is 294 g/mol. The summed E-state index contributed by atoms with van der Waals surface area (Å²) in [5.74, 6) is 0.779. The van der Waals surface area contributed by atoms with Crippen molar-refractivity contribution in [1.29, 1.82) is 0 Å². The normalized spacial score (nSPS) is 21.3. The molecule has 1 N–H and O–H groups in total. The van der Waals surface area contributed by atoms with E-state index in [9.17, 15) is 15.2 Å². The SMILES string of the molecule is Cc1cc(N2CCN(CC(C)O)C(C)C2)ncc1[N+](=O)[O-]. The molecule has 1 saturated heterocycles. The predicted octanol–water partition coefficient (Wildman–Crippen LogP) is 1.19. The van der Waals surface area contributed by atoms with E-state index in [-0.39, 0.29) is 11.8 Å². The van der Waals surface area contributed by atoms with Crippen molar-refractivity contribution in [3.63, 3.8) is 0 Å². The molecule has 0 bridgehead atoms. The summed E-state index contributed by atoms with van der Waals surface area (Å²) in [6, 6.07) is 2.08. The minimum atomic E-state index is -0.407. The summed E-state index contributed by atoms with van der Waals surface area (Å²) < 4.78 is 0. The molecule has 0 aliphatic carbocycles. The van der Waals surface area contributed by atoms with Gasteiger partial charge in [0, 0.05) is 37.8 Å². The number of aryl methyl sites for hydroxylation is 1. The second-order valence-corrected chi connectivity index (χ2v) is 5.73. The van der Waals surface area contributed by atoms with Gasteiger partial charge in [0.25, 0.3) is 5.69 Å². The van der Waals surface area contributed by atoms with Crippen LogP contribution in [0, 0.1) is 17.0 Å². The van der Waals surface area contributed by atoms with Crippen molar-refractivity contribution in [2.75, 3.05) is 31.1 Å². The number of aliphatic hydroxyl groups excluding tert-OH is 1. The summed E-state index contributed by atoms with van der Waals surface area (Å²) in [5.41, 5.74) is 0.684. The van der Waals surface area contributed by atoms with Crippen molar-refractivity contribution in [1.82, 2.24) is 9.88 Å². The Morgan fingerprint density at radius 3 is 2.81 bits per heavy atom. The van der Waals surface area contributed by atoms with Crippen molar-refractivity contribution >= 4 is 11.5 Å². The van der Waals surface area contributed by atoms with Crippen LogP contribution in [0.15, 0.2) is 12.3 Å². The second-order valence-electron chi connectivity index (χ2n) is 5.73. The van der Waals surface area contributed by atoms with Gasteiger partial charge in [-0.15, -0.1) is 0 Å². The predicted molar refractivity (Wildman–Crippen MR) is 80.6 cm³/mol. The molecule has 1 aromatic heterocycles. The molecule has 7 nitrogen and oxygen atoms in total. The third-order valence-corrected chi connectivity index (χ3v) is 3.85. The fraction of sp³-hybridized carbons (Fsp3) is 0.643. The number of hydrogen-bond donors (Lipinski definition) is 1. The summed E-state index contributed by atoms with van der Waals surface area (Å²) in [6.45, 7) is 8.77. The molecule has 2 rings (SSSR count). The summed E-state index contributed by atoms with van der Waals surface area (Å²) in [6.07, 6.45) is 0.996. The molecule has 7 heteroatoms. The van der Waals surface area contributed by atoms with Crippen LogP contribution in [0.4, 0.5) is 11.5 Å². The average Bonchev–Trinajstić information content (AvgIpc) is 2.40. The van der Waals surface area contributed by atoms with Crippen molar-refractivity contribution in [2.45, 2.75) is 32.9 Å². The third-order valence-electron chi connectivity index (χ3n) is 3.85. The van der Waals surface area contributed by atoms with Crippen molar-refractivity contribution < 1.29 is 10.0 Å². The van der Waals surface area contributed by atoms with E-state index < -0.39 is 4.92 Å². The molecule has 116 valence electrons. The van der Waals surface area contributed by atoms with E-state index in [0.717, 1.165) is 25.5 Å². The van der Waals surface area contributed by atoms with Crippen LogP contribution in [0.5, 0.6) is 0 Å². The van der Waals surface area contributed by atoms with Crippen LogP contribution in [0.2, 0.25) is 0 Å². The summed E-state index contributed by atoms with van der Waals surface area (Å²) in [7, 11) is 0. The lowest BCUT2D eigenvalue weighted by molar-refractivity contribution is -0.385. The molecule has 2 atom stereocenters. The molecule has 2 unspecified atom stereocenters. The molecule has 2 heterocycles. The van der Waals surface area contributed by atoms with Gasteiger partial charge in [-0.3, -0.25) is 15.0 Å². The first-order chi connectivity index (χ1) is 9.88. The van der Waals surface area contributed by atoms with Gasteiger partial charge in [-0.25, -0.2) is 4.98 Å². The minimum absolute atomic E-state index is 0.0551. The molecule has 21 heavy (non-hydrogen) atoms. The van der Waals surface area contributed by atoms with Gasteiger partial charge in [0.15, 0.2) is 0 Å². The lowest BCUT2D eigenvalue weighted by Gasteiger charge is -2.40. The Balaban J connectivity index is 2.07. The van der Waals surface area contributed by atoms with Crippen molar-refractivity contribution in [3.8, 4) is 0 Å². The monoisotopic (exact) mass is 294 g/mol. The summed E-state index contributed by atoms with van der Waals surface area (Å²) >= 11 is 0. The smallest absolute Gasteiger partial charge is 0.290 e. The van der Waals surface area contributed by atoms with Crippen LogP contribution in [0.1, 0.15) is 19.4 Å². The number of piperazine rings is 1. The summed E-state index contributed by atoms with van der Waals surface area (Å²) in [5, 5.41) is 20.3. The molecule has 0 amide bonds. The van der Waals surface area contributed by atoms with Gasteiger partial charge in [-0.2, -0.15) is 0 Å². The Hall–Kier alpha value is -1.73. The van der Waals surface area contributed by atoms with Crippen LogP contribution < -0.4 is 4.90 Å². The number of β-amino-alcohol motifs (C(OH)–C–C–N with tert-alkyl or cyclic N) is 1. The Labute approximate surface area is 124 Å². The highest BCUT2D eigenvalue weighted by atomic mass is 16.6. The highest BCUT2D eigenvalue weighted by molar-refractivity contribution is 5.49. The van der Waals surface area contributed by atoms with Crippen LogP contribution in [0.25, 0.3) is 0 Å². The maximum absolute atomic E-state index is 10.8. The van der Waals surface area contributed by atoms with Crippen LogP contribution in [-0.4, -0.2) is 58.2 Å². The zero-order chi connectivity index (χ0) is 15.6. The second kappa shape index (κ2) is 6.36. The highest BCUT2D eigenvalue weighted by Crippen LogP contribution is 2.23. The lowest BCUT2D eigenvalue weighted by atomic mass is 10.1. The number of aromatic nitrogens is 1. The topological polar surface area (TPSA) is 82.7 Å². The number of rotatable bonds is 4. The first-order valence-electron chi connectivity index (χ1n) is 7.16. The van der Waals surface area contributed by atoms with Crippen molar-refractivity contribution in [2.24, 2.45) is 0 Å². The molecule has 1 aliphatic heterocycles. The van der Waals surface area contributed by atoms with Crippen LogP contribution >= 0.6 is 0 Å². The van der Waals surface area contributed by atoms with E-state index in [1.807, 2.05) is 0 Å². The quantitative estimate of drug-likeness (QED) is 0.663. The fourth-order valence-electron chi connectivity index (χ4n) is 2.71. The van der Waals surface area contributed by atoms with Gasteiger partial charge in [0.1, 0.15) is 12.0 Å². The van der Waals surface area contributed by atoms with E-state index >= 15 is 0 Å². The molecular formula is C14H22N4O3. The zero-order valence-electron chi connectivity index (χ0n) is 12.7. The Kier molecular flexibility index (Phi) is 4.74. The van der Waals surface area contributed by atoms with E-state index in [2.05, 4.69) is 21.7 Å². The molecule has 0 saturated carbocycles. The van der Waals surface area contributed by atoms with Crippen LogP contribution in [-0.2, 0) is 0 Å². The lowest BCUT2D eigenvalue weighted by Crippen LogP contribution is -2.53.